The van der Waals surface area contributed by atoms with Gasteiger partial charge in [0, 0.05) is 26.0 Å². The molecule has 1 aliphatic carbocycles. The van der Waals surface area contributed by atoms with Crippen LogP contribution in [0.1, 0.15) is 44.1 Å². The Balaban J connectivity index is 2.16. The minimum absolute atomic E-state index is 0.0636. The van der Waals surface area contributed by atoms with Gasteiger partial charge in [-0.05, 0) is 30.5 Å². The van der Waals surface area contributed by atoms with E-state index >= 15 is 0 Å². The fourth-order valence-electron chi connectivity index (χ4n) is 3.10. The Hall–Kier alpha value is -1.49. The second-order valence-electron chi connectivity index (χ2n) is 5.88. The number of aromatic nitrogens is 1. The fraction of sp³-hybridized carbons (Fsp3) is 0.562. The van der Waals surface area contributed by atoms with E-state index in [0.717, 1.165) is 44.1 Å². The summed E-state index contributed by atoms with van der Waals surface area (Å²) in [4.78, 5) is 19.1. The van der Waals surface area contributed by atoms with Gasteiger partial charge in [-0.25, -0.2) is 0 Å². The van der Waals surface area contributed by atoms with Crippen molar-refractivity contribution in [1.29, 1.82) is 0 Å². The van der Waals surface area contributed by atoms with E-state index in [1.54, 1.807) is 17.3 Å². The summed E-state index contributed by atoms with van der Waals surface area (Å²) in [5.74, 6) is 0.0636. The lowest BCUT2D eigenvalue weighted by atomic mass is 9.78. The molecule has 1 aromatic heterocycles. The van der Waals surface area contributed by atoms with Crippen LogP contribution in [0.25, 0.3) is 0 Å². The smallest absolute Gasteiger partial charge is 0.235 e. The van der Waals surface area contributed by atoms with E-state index < -0.39 is 5.41 Å². The van der Waals surface area contributed by atoms with Gasteiger partial charge < -0.3 is 10.6 Å². The maximum Gasteiger partial charge on any atom is 0.235 e. The quantitative estimate of drug-likeness (QED) is 0.686. The zero-order valence-corrected chi connectivity index (χ0v) is 13.4. The number of pyridine rings is 1. The van der Waals surface area contributed by atoms with Crippen LogP contribution in [0.15, 0.2) is 24.5 Å². The SMILES string of the molecule is CN(Cc1ccncc1)C(=O)C1(C(N)=S)CCCCCC1. The van der Waals surface area contributed by atoms with Crippen molar-refractivity contribution >= 4 is 23.1 Å². The Morgan fingerprint density at radius 1 is 1.29 bits per heavy atom. The van der Waals surface area contributed by atoms with E-state index in [4.69, 9.17) is 18.0 Å². The molecule has 21 heavy (non-hydrogen) atoms. The molecule has 0 aliphatic heterocycles. The Labute approximate surface area is 131 Å². The van der Waals surface area contributed by atoms with Crippen molar-refractivity contribution in [1.82, 2.24) is 9.88 Å². The average Bonchev–Trinajstić information content (AvgIpc) is 2.74. The molecular formula is C16H23N3OS. The van der Waals surface area contributed by atoms with Crippen LogP contribution in [0.3, 0.4) is 0 Å². The van der Waals surface area contributed by atoms with Crippen LogP contribution < -0.4 is 5.73 Å². The first-order chi connectivity index (χ1) is 10.1. The van der Waals surface area contributed by atoms with Gasteiger partial charge in [-0.15, -0.1) is 0 Å². The first-order valence-corrected chi connectivity index (χ1v) is 7.91. The Kier molecular flexibility index (Phi) is 5.28. The highest BCUT2D eigenvalue weighted by atomic mass is 32.1. The van der Waals surface area contributed by atoms with Gasteiger partial charge in [-0.2, -0.15) is 0 Å². The third kappa shape index (κ3) is 3.59. The number of thiocarbonyl (C=S) groups is 1. The Morgan fingerprint density at radius 3 is 2.38 bits per heavy atom. The topological polar surface area (TPSA) is 59.2 Å². The summed E-state index contributed by atoms with van der Waals surface area (Å²) >= 11 is 5.27. The van der Waals surface area contributed by atoms with Gasteiger partial charge in [-0.1, -0.05) is 37.9 Å². The summed E-state index contributed by atoms with van der Waals surface area (Å²) in [6.07, 6.45) is 9.39. The molecule has 0 spiro atoms. The van der Waals surface area contributed by atoms with E-state index in [9.17, 15) is 4.79 Å². The number of hydrogen-bond acceptors (Lipinski definition) is 3. The molecule has 0 unspecified atom stereocenters. The Bertz CT molecular complexity index is 496. The van der Waals surface area contributed by atoms with E-state index in [0.29, 0.717) is 11.5 Å². The lowest BCUT2D eigenvalue weighted by Crippen LogP contribution is -2.49. The van der Waals surface area contributed by atoms with Crippen molar-refractivity contribution < 1.29 is 4.79 Å². The molecule has 114 valence electrons. The van der Waals surface area contributed by atoms with Gasteiger partial charge in [-0.3, -0.25) is 9.78 Å². The zero-order chi connectivity index (χ0) is 15.3. The predicted molar refractivity (Wildman–Crippen MR) is 87.6 cm³/mol. The minimum Gasteiger partial charge on any atom is -0.392 e. The number of nitrogens with zero attached hydrogens (tertiary/aromatic N) is 2. The molecule has 2 N–H and O–H groups in total. The van der Waals surface area contributed by atoms with Crippen molar-refractivity contribution in [3.8, 4) is 0 Å². The molecule has 1 aromatic rings. The lowest BCUT2D eigenvalue weighted by Gasteiger charge is -2.34. The van der Waals surface area contributed by atoms with Gasteiger partial charge in [0.25, 0.3) is 0 Å². The molecule has 1 fully saturated rings. The third-order valence-electron chi connectivity index (χ3n) is 4.35. The first-order valence-electron chi connectivity index (χ1n) is 7.51. The number of carbonyl (C=O) groups is 1. The van der Waals surface area contributed by atoms with Gasteiger partial charge in [0.05, 0.1) is 10.4 Å². The fourth-order valence-corrected chi connectivity index (χ4v) is 3.39. The van der Waals surface area contributed by atoms with E-state index in [-0.39, 0.29) is 5.91 Å². The first kappa shape index (κ1) is 15.9. The van der Waals surface area contributed by atoms with Gasteiger partial charge >= 0.3 is 0 Å². The molecule has 0 radical (unpaired) electrons. The summed E-state index contributed by atoms with van der Waals surface area (Å²) in [7, 11) is 1.83. The molecule has 4 nitrogen and oxygen atoms in total. The summed E-state index contributed by atoms with van der Waals surface area (Å²) in [6.45, 7) is 0.561. The predicted octanol–water partition coefficient (Wildman–Crippen LogP) is 2.67. The van der Waals surface area contributed by atoms with Crippen molar-refractivity contribution in [3.05, 3.63) is 30.1 Å². The number of rotatable bonds is 4. The highest BCUT2D eigenvalue weighted by Crippen LogP contribution is 2.37. The molecule has 0 atom stereocenters. The monoisotopic (exact) mass is 305 g/mol. The van der Waals surface area contributed by atoms with Gasteiger partial charge in [0.15, 0.2) is 0 Å². The second kappa shape index (κ2) is 6.98. The number of nitrogens with two attached hydrogens (primary N) is 1. The van der Waals surface area contributed by atoms with Crippen molar-refractivity contribution in [2.24, 2.45) is 11.1 Å². The molecule has 1 amide bonds. The average molecular weight is 305 g/mol. The van der Waals surface area contributed by atoms with E-state index in [2.05, 4.69) is 4.98 Å². The second-order valence-corrected chi connectivity index (χ2v) is 6.32. The summed E-state index contributed by atoms with van der Waals surface area (Å²) in [5.41, 5.74) is 6.39. The van der Waals surface area contributed by atoms with Gasteiger partial charge in [0.2, 0.25) is 5.91 Å². The highest BCUT2D eigenvalue weighted by Gasteiger charge is 2.43. The van der Waals surface area contributed by atoms with Crippen molar-refractivity contribution in [2.45, 2.75) is 45.1 Å². The van der Waals surface area contributed by atoms with E-state index in [1.165, 1.54) is 0 Å². The van der Waals surface area contributed by atoms with Crippen LogP contribution >= 0.6 is 12.2 Å². The number of hydrogen-bond donors (Lipinski definition) is 1. The standard InChI is InChI=1S/C16H23N3OS/c1-19(12-13-6-10-18-11-7-13)15(20)16(14(17)21)8-4-2-3-5-9-16/h6-7,10-11H,2-5,8-9,12H2,1H3,(H2,17,21). The van der Waals surface area contributed by atoms with Crippen LogP contribution in [0.5, 0.6) is 0 Å². The molecule has 1 heterocycles. The van der Waals surface area contributed by atoms with Crippen LogP contribution in [0.2, 0.25) is 0 Å². The number of amides is 1. The van der Waals surface area contributed by atoms with E-state index in [1.807, 2.05) is 19.2 Å². The largest absolute Gasteiger partial charge is 0.392 e. The molecule has 0 saturated heterocycles. The minimum atomic E-state index is -0.645. The molecule has 5 heteroatoms. The van der Waals surface area contributed by atoms with Crippen molar-refractivity contribution in [3.63, 3.8) is 0 Å². The number of carbonyl (C=O) groups excluding carboxylic acids is 1. The summed E-state index contributed by atoms with van der Waals surface area (Å²) < 4.78 is 0. The molecule has 0 aromatic carbocycles. The molecule has 0 bridgehead atoms. The van der Waals surface area contributed by atoms with Crippen LogP contribution in [0, 0.1) is 5.41 Å². The zero-order valence-electron chi connectivity index (χ0n) is 12.5. The molecule has 1 saturated carbocycles. The maximum absolute atomic E-state index is 13.0. The molecular weight excluding hydrogens is 282 g/mol. The maximum atomic E-state index is 13.0. The molecule has 2 rings (SSSR count). The highest BCUT2D eigenvalue weighted by molar-refractivity contribution is 7.80. The van der Waals surface area contributed by atoms with Crippen LogP contribution in [-0.4, -0.2) is 27.8 Å². The summed E-state index contributed by atoms with van der Waals surface area (Å²) in [5, 5.41) is 0. The normalized spacial score (nSPS) is 17.8. The molecule has 1 aliphatic rings. The van der Waals surface area contributed by atoms with Gasteiger partial charge in [0.1, 0.15) is 0 Å². The summed E-state index contributed by atoms with van der Waals surface area (Å²) in [6, 6.07) is 3.84. The van der Waals surface area contributed by atoms with Crippen molar-refractivity contribution in [2.75, 3.05) is 7.05 Å². The Morgan fingerprint density at radius 2 is 1.86 bits per heavy atom. The van der Waals surface area contributed by atoms with Crippen LogP contribution in [-0.2, 0) is 11.3 Å². The van der Waals surface area contributed by atoms with Crippen LogP contribution in [0.4, 0.5) is 0 Å². The third-order valence-corrected chi connectivity index (χ3v) is 4.74. The lowest BCUT2D eigenvalue weighted by molar-refractivity contribution is -0.138.